The Kier molecular flexibility index (Phi) is 2.64. The maximum Gasteiger partial charge on any atom is 0.125 e. The van der Waals surface area contributed by atoms with E-state index in [0.29, 0.717) is 11.0 Å². The number of benzene rings is 1. The maximum absolute atomic E-state index is 13.1. The lowest BCUT2D eigenvalue weighted by atomic mass is 10.2. The van der Waals surface area contributed by atoms with Gasteiger partial charge in [0, 0.05) is 6.07 Å². The van der Waals surface area contributed by atoms with Gasteiger partial charge in [-0.25, -0.2) is 9.37 Å². The van der Waals surface area contributed by atoms with Crippen molar-refractivity contribution in [3.8, 4) is 10.6 Å². The minimum atomic E-state index is -0.295. The van der Waals surface area contributed by atoms with Crippen LogP contribution in [0.3, 0.4) is 0 Å². The van der Waals surface area contributed by atoms with Crippen molar-refractivity contribution in [2.24, 2.45) is 0 Å². The van der Waals surface area contributed by atoms with Gasteiger partial charge in [-0.2, -0.15) is 0 Å². The van der Waals surface area contributed by atoms with Gasteiger partial charge < -0.3 is 0 Å². The van der Waals surface area contributed by atoms with Gasteiger partial charge in [-0.1, -0.05) is 0 Å². The van der Waals surface area contributed by atoms with Gasteiger partial charge in [0.1, 0.15) is 5.82 Å². The molecular weight excluding hydrogens is 303 g/mol. The van der Waals surface area contributed by atoms with E-state index in [2.05, 4.69) is 25.9 Å². The van der Waals surface area contributed by atoms with Gasteiger partial charge >= 0.3 is 0 Å². The topological polar surface area (TPSA) is 25.8 Å². The Morgan fingerprint density at radius 2 is 2.00 bits per heavy atom. The highest BCUT2D eigenvalue weighted by atomic mass is 79.9. The van der Waals surface area contributed by atoms with Gasteiger partial charge in [0.05, 0.1) is 31.6 Å². The van der Waals surface area contributed by atoms with Gasteiger partial charge in [0.15, 0.2) is 0 Å². The van der Waals surface area contributed by atoms with Gasteiger partial charge in [0.2, 0.25) is 0 Å². The van der Waals surface area contributed by atoms with Crippen molar-refractivity contribution >= 4 is 38.3 Å². The number of hydrogen-bond donors (Lipinski definition) is 0. The second-order valence-corrected chi connectivity index (χ2v) is 5.96. The van der Waals surface area contributed by atoms with E-state index in [-0.39, 0.29) is 5.82 Å². The molecule has 0 saturated heterocycles. The summed E-state index contributed by atoms with van der Waals surface area (Å²) < 4.78 is 14.1. The van der Waals surface area contributed by atoms with E-state index >= 15 is 0 Å². The zero-order chi connectivity index (χ0) is 11.8. The normalized spacial score (nSPS) is 10.9. The van der Waals surface area contributed by atoms with Crippen molar-refractivity contribution in [3.05, 3.63) is 46.1 Å². The largest absolute Gasteiger partial charge is 0.252 e. The van der Waals surface area contributed by atoms with Crippen molar-refractivity contribution < 1.29 is 4.39 Å². The van der Waals surface area contributed by atoms with E-state index in [4.69, 9.17) is 0 Å². The molecule has 17 heavy (non-hydrogen) atoms. The highest BCUT2D eigenvalue weighted by molar-refractivity contribution is 9.11. The molecule has 2 nitrogen and oxygen atoms in total. The Bertz CT molecular complexity index is 696. The highest BCUT2D eigenvalue weighted by Crippen LogP contribution is 2.30. The van der Waals surface area contributed by atoms with Gasteiger partial charge in [-0.05, 0) is 40.2 Å². The quantitative estimate of drug-likeness (QED) is 0.671. The smallest absolute Gasteiger partial charge is 0.125 e. The lowest BCUT2D eigenvalue weighted by Gasteiger charge is -1.99. The Morgan fingerprint density at radius 1 is 1.12 bits per heavy atom. The molecule has 1 aromatic carbocycles. The first-order valence-corrected chi connectivity index (χ1v) is 6.51. The van der Waals surface area contributed by atoms with Gasteiger partial charge in [0.25, 0.3) is 0 Å². The van der Waals surface area contributed by atoms with E-state index in [0.717, 1.165) is 14.4 Å². The fourth-order valence-electron chi connectivity index (χ4n) is 1.56. The number of nitrogens with zero attached hydrogens (tertiary/aromatic N) is 2. The Labute approximate surface area is 109 Å². The molecular formula is C12H6BrFN2S. The summed E-state index contributed by atoms with van der Waals surface area (Å²) in [5.74, 6) is -0.295. The van der Waals surface area contributed by atoms with Crippen molar-refractivity contribution in [1.29, 1.82) is 0 Å². The second kappa shape index (κ2) is 4.16. The van der Waals surface area contributed by atoms with Crippen molar-refractivity contribution in [3.63, 3.8) is 0 Å². The van der Waals surface area contributed by atoms with E-state index in [1.807, 2.05) is 12.1 Å². The summed E-state index contributed by atoms with van der Waals surface area (Å²) in [5.41, 5.74) is 2.04. The van der Waals surface area contributed by atoms with Crippen LogP contribution in [0.2, 0.25) is 0 Å². The summed E-state index contributed by atoms with van der Waals surface area (Å²) in [6, 6.07) is 8.33. The zero-order valence-electron chi connectivity index (χ0n) is 8.52. The molecule has 0 N–H and O–H groups in total. The van der Waals surface area contributed by atoms with Crippen molar-refractivity contribution in [2.45, 2.75) is 0 Å². The van der Waals surface area contributed by atoms with E-state index in [1.165, 1.54) is 12.1 Å². The summed E-state index contributed by atoms with van der Waals surface area (Å²) >= 11 is 4.98. The van der Waals surface area contributed by atoms with E-state index in [1.54, 1.807) is 23.6 Å². The van der Waals surface area contributed by atoms with Gasteiger partial charge in [-0.3, -0.25) is 4.98 Å². The van der Waals surface area contributed by atoms with Crippen LogP contribution >= 0.6 is 27.3 Å². The number of halogens is 2. The standard InChI is InChI=1S/C12H6BrFN2S/c13-12-4-3-11(17-12)10-6-15-8-2-1-7(14)5-9(8)16-10/h1-6H. The highest BCUT2D eigenvalue weighted by Gasteiger charge is 2.05. The molecule has 0 amide bonds. The average Bonchev–Trinajstić information content (AvgIpc) is 2.75. The lowest BCUT2D eigenvalue weighted by molar-refractivity contribution is 0.629. The number of thiophene rings is 1. The molecule has 0 aliphatic carbocycles. The molecule has 0 aliphatic heterocycles. The number of aromatic nitrogens is 2. The predicted octanol–water partition coefficient (Wildman–Crippen LogP) is 4.26. The monoisotopic (exact) mass is 308 g/mol. The Morgan fingerprint density at radius 3 is 2.76 bits per heavy atom. The molecule has 0 fully saturated rings. The molecule has 0 bridgehead atoms. The van der Waals surface area contributed by atoms with Crippen LogP contribution in [0.5, 0.6) is 0 Å². The van der Waals surface area contributed by atoms with Crippen LogP contribution in [-0.2, 0) is 0 Å². The molecule has 0 saturated carbocycles. The van der Waals surface area contributed by atoms with Crippen LogP contribution < -0.4 is 0 Å². The van der Waals surface area contributed by atoms with E-state index in [9.17, 15) is 4.39 Å². The maximum atomic E-state index is 13.1. The molecule has 0 unspecified atom stereocenters. The summed E-state index contributed by atoms with van der Waals surface area (Å²) in [5, 5.41) is 0. The number of fused-ring (bicyclic) bond motifs is 1. The van der Waals surface area contributed by atoms with Crippen LogP contribution in [0.15, 0.2) is 40.3 Å². The summed E-state index contributed by atoms with van der Waals surface area (Å²) in [6.45, 7) is 0. The second-order valence-electron chi connectivity index (χ2n) is 3.49. The minimum Gasteiger partial charge on any atom is -0.252 e. The van der Waals surface area contributed by atoms with Crippen molar-refractivity contribution in [2.75, 3.05) is 0 Å². The fourth-order valence-corrected chi connectivity index (χ4v) is 2.90. The zero-order valence-corrected chi connectivity index (χ0v) is 10.9. The van der Waals surface area contributed by atoms with Crippen LogP contribution in [0.1, 0.15) is 0 Å². The van der Waals surface area contributed by atoms with Crippen LogP contribution in [-0.4, -0.2) is 9.97 Å². The summed E-state index contributed by atoms with van der Waals surface area (Å²) in [7, 11) is 0. The molecule has 84 valence electrons. The molecule has 5 heteroatoms. The van der Waals surface area contributed by atoms with Crippen LogP contribution in [0, 0.1) is 5.82 Å². The molecule has 0 spiro atoms. The molecule has 3 rings (SSSR count). The molecule has 0 aliphatic rings. The molecule has 0 atom stereocenters. The van der Waals surface area contributed by atoms with E-state index < -0.39 is 0 Å². The molecule has 2 aromatic heterocycles. The lowest BCUT2D eigenvalue weighted by Crippen LogP contribution is -1.87. The first-order chi connectivity index (χ1) is 8.22. The third-order valence-electron chi connectivity index (χ3n) is 2.33. The SMILES string of the molecule is Fc1ccc2ncc(-c3ccc(Br)s3)nc2c1. The average molecular weight is 309 g/mol. The van der Waals surface area contributed by atoms with Crippen LogP contribution in [0.25, 0.3) is 21.6 Å². The molecule has 3 aromatic rings. The first-order valence-electron chi connectivity index (χ1n) is 4.90. The molecule has 0 radical (unpaired) electrons. The molecule has 2 heterocycles. The number of hydrogen-bond acceptors (Lipinski definition) is 3. The minimum absolute atomic E-state index is 0.295. The predicted molar refractivity (Wildman–Crippen MR) is 70.5 cm³/mol. The summed E-state index contributed by atoms with van der Waals surface area (Å²) in [4.78, 5) is 9.69. The fraction of sp³-hybridized carbons (Fsp3) is 0. The Hall–Kier alpha value is -1.33. The summed E-state index contributed by atoms with van der Waals surface area (Å²) in [6.07, 6.45) is 1.71. The third-order valence-corrected chi connectivity index (χ3v) is 3.98. The Balaban J connectivity index is 2.18. The third kappa shape index (κ3) is 2.08. The van der Waals surface area contributed by atoms with Crippen LogP contribution in [0.4, 0.5) is 4.39 Å². The van der Waals surface area contributed by atoms with Gasteiger partial charge in [-0.15, -0.1) is 11.3 Å². The first kappa shape index (κ1) is 10.8. The number of rotatable bonds is 1. The van der Waals surface area contributed by atoms with Crippen molar-refractivity contribution in [1.82, 2.24) is 9.97 Å².